The molecule has 1 saturated heterocycles. The van der Waals surface area contributed by atoms with Crippen LogP contribution in [0.1, 0.15) is 10.4 Å². The van der Waals surface area contributed by atoms with Crippen LogP contribution in [-0.4, -0.2) is 43.4 Å². The van der Waals surface area contributed by atoms with Gasteiger partial charge in [-0.25, -0.2) is 9.37 Å². The van der Waals surface area contributed by atoms with Crippen LogP contribution in [0.3, 0.4) is 0 Å². The first kappa shape index (κ1) is 16.4. The van der Waals surface area contributed by atoms with Gasteiger partial charge >= 0.3 is 0 Å². The first-order chi connectivity index (χ1) is 11.7. The monoisotopic (exact) mass is 331 g/mol. The number of nitrogens with one attached hydrogen (secondary N) is 2. The summed E-state index contributed by atoms with van der Waals surface area (Å²) >= 11 is 0. The molecule has 2 heterocycles. The van der Waals surface area contributed by atoms with Crippen molar-refractivity contribution in [3.05, 3.63) is 54.0 Å². The minimum absolute atomic E-state index is 0.164. The van der Waals surface area contributed by atoms with Crippen LogP contribution >= 0.6 is 0 Å². The second-order valence-corrected chi connectivity index (χ2v) is 5.28. The fourth-order valence-corrected chi connectivity index (χ4v) is 2.33. The van der Waals surface area contributed by atoms with Gasteiger partial charge in [-0.15, -0.1) is 0 Å². The molecule has 1 unspecified atom stereocenters. The second-order valence-electron chi connectivity index (χ2n) is 5.28. The molecular weight excluding hydrogens is 313 g/mol. The number of pyridine rings is 1. The molecule has 0 bridgehead atoms. The lowest BCUT2D eigenvalue weighted by Crippen LogP contribution is -2.39. The molecule has 1 atom stereocenters. The molecule has 6 nitrogen and oxygen atoms in total. The van der Waals surface area contributed by atoms with E-state index in [-0.39, 0.29) is 17.7 Å². The average molecular weight is 331 g/mol. The van der Waals surface area contributed by atoms with Crippen LogP contribution in [0.2, 0.25) is 0 Å². The Morgan fingerprint density at radius 1 is 1.25 bits per heavy atom. The fraction of sp³-hybridized carbons (Fsp3) is 0.294. The maximum absolute atomic E-state index is 13.8. The molecule has 1 fully saturated rings. The van der Waals surface area contributed by atoms with E-state index in [9.17, 15) is 9.18 Å². The van der Waals surface area contributed by atoms with Gasteiger partial charge in [0, 0.05) is 12.7 Å². The molecule has 126 valence electrons. The number of rotatable bonds is 5. The van der Waals surface area contributed by atoms with E-state index in [1.165, 1.54) is 12.3 Å². The molecule has 3 rings (SSSR count). The van der Waals surface area contributed by atoms with Gasteiger partial charge in [-0.2, -0.15) is 0 Å². The average Bonchev–Trinajstić information content (AvgIpc) is 2.63. The smallest absolute Gasteiger partial charge is 0.255 e. The maximum atomic E-state index is 13.8. The van der Waals surface area contributed by atoms with Crippen molar-refractivity contribution in [2.24, 2.45) is 0 Å². The Morgan fingerprint density at radius 2 is 2.12 bits per heavy atom. The molecule has 0 spiro atoms. The van der Waals surface area contributed by atoms with Gasteiger partial charge < -0.3 is 20.1 Å². The first-order valence-electron chi connectivity index (χ1n) is 7.68. The number of amides is 1. The predicted octanol–water partition coefficient (Wildman–Crippen LogP) is 2.11. The Kier molecular flexibility index (Phi) is 5.35. The minimum Gasteiger partial charge on any atom is -0.376 e. The number of ether oxygens (including phenoxy) is 2. The molecular formula is C17H18FN3O3. The Bertz CT molecular complexity index is 705. The quantitative estimate of drug-likeness (QED) is 0.878. The number of nitrogens with zero attached hydrogens (tertiary/aromatic N) is 1. The highest BCUT2D eigenvalue weighted by atomic mass is 19.1. The summed E-state index contributed by atoms with van der Waals surface area (Å²) < 4.78 is 24.6. The van der Waals surface area contributed by atoms with E-state index >= 15 is 0 Å². The number of para-hydroxylation sites is 1. The normalized spacial score (nSPS) is 17.3. The van der Waals surface area contributed by atoms with E-state index in [1.54, 1.807) is 30.3 Å². The van der Waals surface area contributed by atoms with Crippen molar-refractivity contribution in [1.82, 2.24) is 10.3 Å². The van der Waals surface area contributed by atoms with Gasteiger partial charge in [-0.1, -0.05) is 12.1 Å². The summed E-state index contributed by atoms with van der Waals surface area (Å²) in [6.07, 6.45) is 1.38. The highest BCUT2D eigenvalue weighted by molar-refractivity contribution is 5.99. The first-order valence-corrected chi connectivity index (χ1v) is 7.68. The standard InChI is InChI=1S/C17H18FN3O3/c18-14-5-1-2-6-15(14)21-16-13(4-3-7-19-16)17(22)20-10-12-11-23-8-9-24-12/h1-7,12H,8-11H2,(H,19,21)(H,20,22). The molecule has 1 aliphatic rings. The Labute approximate surface area is 139 Å². The third-order valence-electron chi connectivity index (χ3n) is 3.55. The van der Waals surface area contributed by atoms with Gasteiger partial charge in [0.15, 0.2) is 0 Å². The number of hydrogen-bond donors (Lipinski definition) is 2. The van der Waals surface area contributed by atoms with E-state index in [4.69, 9.17) is 9.47 Å². The number of hydrogen-bond acceptors (Lipinski definition) is 5. The predicted molar refractivity (Wildman–Crippen MR) is 86.8 cm³/mol. The molecule has 1 aromatic carbocycles. The minimum atomic E-state index is -0.415. The third-order valence-corrected chi connectivity index (χ3v) is 3.55. The highest BCUT2D eigenvalue weighted by Crippen LogP contribution is 2.20. The number of carbonyl (C=O) groups excluding carboxylic acids is 1. The molecule has 0 radical (unpaired) electrons. The van der Waals surface area contributed by atoms with Crippen LogP contribution < -0.4 is 10.6 Å². The molecule has 7 heteroatoms. The zero-order chi connectivity index (χ0) is 16.8. The Hall–Kier alpha value is -2.51. The van der Waals surface area contributed by atoms with Gasteiger partial charge in [-0.05, 0) is 24.3 Å². The lowest BCUT2D eigenvalue weighted by Gasteiger charge is -2.23. The van der Waals surface area contributed by atoms with Crippen molar-refractivity contribution < 1.29 is 18.7 Å². The lowest BCUT2D eigenvalue weighted by molar-refractivity contribution is -0.0855. The van der Waals surface area contributed by atoms with Crippen molar-refractivity contribution >= 4 is 17.4 Å². The summed E-state index contributed by atoms with van der Waals surface area (Å²) in [5, 5.41) is 5.65. The van der Waals surface area contributed by atoms with Crippen LogP contribution in [-0.2, 0) is 9.47 Å². The van der Waals surface area contributed by atoms with Crippen molar-refractivity contribution in [1.29, 1.82) is 0 Å². The summed E-state index contributed by atoms with van der Waals surface area (Å²) in [6, 6.07) is 9.50. The van der Waals surface area contributed by atoms with Crippen molar-refractivity contribution in [2.45, 2.75) is 6.10 Å². The zero-order valence-corrected chi connectivity index (χ0v) is 13.0. The van der Waals surface area contributed by atoms with E-state index in [1.807, 2.05) is 0 Å². The summed E-state index contributed by atoms with van der Waals surface area (Å²) in [4.78, 5) is 16.5. The van der Waals surface area contributed by atoms with Crippen molar-refractivity contribution in [3.63, 3.8) is 0 Å². The van der Waals surface area contributed by atoms with E-state index < -0.39 is 5.82 Å². The Morgan fingerprint density at radius 3 is 2.92 bits per heavy atom. The van der Waals surface area contributed by atoms with Crippen LogP contribution in [0.5, 0.6) is 0 Å². The van der Waals surface area contributed by atoms with Gasteiger partial charge in [0.2, 0.25) is 0 Å². The van der Waals surface area contributed by atoms with Gasteiger partial charge in [-0.3, -0.25) is 4.79 Å². The molecule has 2 aromatic rings. The van der Waals surface area contributed by atoms with Crippen LogP contribution in [0.4, 0.5) is 15.9 Å². The third kappa shape index (κ3) is 4.06. The summed E-state index contributed by atoms with van der Waals surface area (Å²) in [5.74, 6) is -0.431. The van der Waals surface area contributed by atoms with E-state index in [0.717, 1.165) is 0 Å². The topological polar surface area (TPSA) is 72.5 Å². The molecule has 2 N–H and O–H groups in total. The molecule has 0 aliphatic carbocycles. The number of benzene rings is 1. The van der Waals surface area contributed by atoms with Crippen molar-refractivity contribution in [3.8, 4) is 0 Å². The lowest BCUT2D eigenvalue weighted by atomic mass is 10.2. The zero-order valence-electron chi connectivity index (χ0n) is 13.0. The number of anilines is 2. The molecule has 1 aromatic heterocycles. The summed E-state index contributed by atoms with van der Waals surface area (Å²) in [6.45, 7) is 1.89. The maximum Gasteiger partial charge on any atom is 0.255 e. The molecule has 1 aliphatic heterocycles. The SMILES string of the molecule is O=C(NCC1COCCO1)c1cccnc1Nc1ccccc1F. The fourth-order valence-electron chi connectivity index (χ4n) is 2.33. The highest BCUT2D eigenvalue weighted by Gasteiger charge is 2.18. The van der Waals surface area contributed by atoms with E-state index in [0.29, 0.717) is 37.7 Å². The number of aromatic nitrogens is 1. The molecule has 24 heavy (non-hydrogen) atoms. The van der Waals surface area contributed by atoms with Crippen molar-refractivity contribution in [2.75, 3.05) is 31.7 Å². The second kappa shape index (κ2) is 7.85. The Balaban J connectivity index is 1.69. The summed E-state index contributed by atoms with van der Waals surface area (Å²) in [5.41, 5.74) is 0.590. The number of carbonyl (C=O) groups is 1. The van der Waals surface area contributed by atoms with Crippen LogP contribution in [0, 0.1) is 5.82 Å². The van der Waals surface area contributed by atoms with Crippen LogP contribution in [0.15, 0.2) is 42.6 Å². The van der Waals surface area contributed by atoms with Crippen LogP contribution in [0.25, 0.3) is 0 Å². The van der Waals surface area contributed by atoms with Gasteiger partial charge in [0.05, 0.1) is 37.2 Å². The number of halogens is 1. The van der Waals surface area contributed by atoms with Gasteiger partial charge in [0.25, 0.3) is 5.91 Å². The van der Waals surface area contributed by atoms with Gasteiger partial charge in [0.1, 0.15) is 11.6 Å². The largest absolute Gasteiger partial charge is 0.376 e. The molecule has 1 amide bonds. The molecule has 0 saturated carbocycles. The van der Waals surface area contributed by atoms with E-state index in [2.05, 4.69) is 15.6 Å². The summed E-state index contributed by atoms with van der Waals surface area (Å²) in [7, 11) is 0.